The minimum atomic E-state index is -4.04. The smallest absolute Gasteiger partial charge is 0.263 e. The summed E-state index contributed by atoms with van der Waals surface area (Å²) in [5, 5.41) is 2.68. The highest BCUT2D eigenvalue weighted by Gasteiger charge is 2.19. The van der Waals surface area contributed by atoms with Crippen molar-refractivity contribution >= 4 is 50.5 Å². The highest BCUT2D eigenvalue weighted by atomic mass is 35.5. The van der Waals surface area contributed by atoms with Crippen LogP contribution in [0.25, 0.3) is 0 Å². The van der Waals surface area contributed by atoms with Gasteiger partial charge in [-0.3, -0.25) is 9.52 Å². The Labute approximate surface area is 177 Å². The molecule has 0 unspecified atom stereocenters. The molecule has 0 aliphatic carbocycles. The monoisotopic (exact) mass is 452 g/mol. The molecule has 1 amide bonds. The van der Waals surface area contributed by atoms with E-state index in [-0.39, 0.29) is 31.9 Å². The lowest BCUT2D eigenvalue weighted by Crippen LogP contribution is -2.16. The van der Waals surface area contributed by atoms with Gasteiger partial charge in [0.25, 0.3) is 15.9 Å². The van der Waals surface area contributed by atoms with E-state index in [0.717, 1.165) is 5.56 Å². The fourth-order valence-electron chi connectivity index (χ4n) is 2.53. The fraction of sp³-hybridized carbons (Fsp3) is 0.0500. The van der Waals surface area contributed by atoms with Gasteiger partial charge in [0, 0.05) is 16.3 Å². The highest BCUT2D eigenvalue weighted by molar-refractivity contribution is 7.92. The van der Waals surface area contributed by atoms with Crippen molar-refractivity contribution in [1.82, 2.24) is 0 Å². The molecule has 2 N–H and O–H groups in total. The van der Waals surface area contributed by atoms with Crippen LogP contribution in [0.3, 0.4) is 0 Å². The highest BCUT2D eigenvalue weighted by Crippen LogP contribution is 2.27. The molecule has 0 aliphatic rings. The summed E-state index contributed by atoms with van der Waals surface area (Å²) in [5.41, 5.74) is 1.02. The number of amides is 1. The van der Waals surface area contributed by atoms with Crippen molar-refractivity contribution in [2.45, 2.75) is 11.8 Å². The molecular weight excluding hydrogens is 438 g/mol. The summed E-state index contributed by atoms with van der Waals surface area (Å²) in [6.45, 7) is 1.73. The predicted molar refractivity (Wildman–Crippen MR) is 113 cm³/mol. The average molecular weight is 453 g/mol. The van der Waals surface area contributed by atoms with Gasteiger partial charge in [-0.15, -0.1) is 0 Å². The molecule has 0 aromatic heterocycles. The Bertz CT molecular complexity index is 1200. The van der Waals surface area contributed by atoms with Crippen LogP contribution >= 0.6 is 23.2 Å². The molecule has 0 fully saturated rings. The van der Waals surface area contributed by atoms with Gasteiger partial charge in [-0.05, 0) is 61.0 Å². The third-order valence-corrected chi connectivity index (χ3v) is 6.03. The van der Waals surface area contributed by atoms with Crippen LogP contribution in [-0.2, 0) is 10.0 Å². The largest absolute Gasteiger partial charge is 0.319 e. The minimum Gasteiger partial charge on any atom is -0.319 e. The molecule has 29 heavy (non-hydrogen) atoms. The lowest BCUT2D eigenvalue weighted by molar-refractivity contribution is 0.102. The molecule has 0 saturated carbocycles. The van der Waals surface area contributed by atoms with Crippen LogP contribution < -0.4 is 10.0 Å². The molecule has 3 aromatic rings. The molecular formula is C20H15Cl2FN2O3S. The van der Waals surface area contributed by atoms with Crippen LogP contribution in [0.15, 0.2) is 65.6 Å². The first kappa shape index (κ1) is 21.1. The molecule has 9 heteroatoms. The van der Waals surface area contributed by atoms with E-state index in [9.17, 15) is 17.6 Å². The minimum absolute atomic E-state index is 0.00523. The summed E-state index contributed by atoms with van der Waals surface area (Å²) < 4.78 is 41.6. The number of halogens is 3. The van der Waals surface area contributed by atoms with Crippen LogP contribution in [0.2, 0.25) is 10.0 Å². The molecule has 0 spiro atoms. The summed E-state index contributed by atoms with van der Waals surface area (Å²) in [6, 6.07) is 14.3. The molecule has 5 nitrogen and oxygen atoms in total. The second kappa shape index (κ2) is 8.41. The second-order valence-electron chi connectivity index (χ2n) is 6.20. The first-order valence-electron chi connectivity index (χ1n) is 8.31. The third-order valence-electron chi connectivity index (χ3n) is 3.93. The van der Waals surface area contributed by atoms with E-state index in [0.29, 0.717) is 0 Å². The summed E-state index contributed by atoms with van der Waals surface area (Å²) in [4.78, 5) is 12.3. The fourth-order valence-corrected chi connectivity index (χ4v) is 4.35. The van der Waals surface area contributed by atoms with Gasteiger partial charge in [-0.1, -0.05) is 35.3 Å². The van der Waals surface area contributed by atoms with Gasteiger partial charge >= 0.3 is 0 Å². The lowest BCUT2D eigenvalue weighted by atomic mass is 10.1. The molecule has 0 saturated heterocycles. The first-order valence-corrected chi connectivity index (χ1v) is 10.5. The van der Waals surface area contributed by atoms with Gasteiger partial charge < -0.3 is 5.32 Å². The van der Waals surface area contributed by atoms with Crippen LogP contribution in [-0.4, -0.2) is 14.3 Å². The summed E-state index contributed by atoms with van der Waals surface area (Å²) >= 11 is 11.8. The number of carbonyl (C=O) groups is 1. The molecule has 3 rings (SSSR count). The van der Waals surface area contributed by atoms with Gasteiger partial charge in [-0.25, -0.2) is 12.8 Å². The number of hydrogen-bond acceptors (Lipinski definition) is 3. The molecule has 3 aromatic carbocycles. The maximum absolute atomic E-state index is 14.0. The van der Waals surface area contributed by atoms with Crippen molar-refractivity contribution in [1.29, 1.82) is 0 Å². The zero-order valence-corrected chi connectivity index (χ0v) is 17.4. The Balaban J connectivity index is 1.83. The summed E-state index contributed by atoms with van der Waals surface area (Å²) in [5.74, 6) is -1.15. The van der Waals surface area contributed by atoms with Gasteiger partial charge in [0.15, 0.2) is 0 Å². The van der Waals surface area contributed by atoms with E-state index >= 15 is 0 Å². The number of benzene rings is 3. The van der Waals surface area contributed by atoms with E-state index in [1.54, 1.807) is 13.0 Å². The molecule has 0 radical (unpaired) electrons. The Hall–Kier alpha value is -2.61. The molecule has 150 valence electrons. The number of sulfonamides is 1. The van der Waals surface area contributed by atoms with Gasteiger partial charge in [0.05, 0.1) is 10.7 Å². The summed E-state index contributed by atoms with van der Waals surface area (Å²) in [6.07, 6.45) is 0. The molecule has 0 aliphatic heterocycles. The molecule has 0 bridgehead atoms. The van der Waals surface area contributed by atoms with Crippen LogP contribution in [0.5, 0.6) is 0 Å². The molecule has 0 heterocycles. The van der Waals surface area contributed by atoms with E-state index in [1.165, 1.54) is 54.6 Å². The maximum atomic E-state index is 14.0. The van der Waals surface area contributed by atoms with Gasteiger partial charge in [0.1, 0.15) is 10.7 Å². The van der Waals surface area contributed by atoms with Crippen LogP contribution in [0, 0.1) is 12.7 Å². The topological polar surface area (TPSA) is 75.3 Å². The van der Waals surface area contributed by atoms with Crippen LogP contribution in [0.4, 0.5) is 15.8 Å². The van der Waals surface area contributed by atoms with Gasteiger partial charge in [-0.2, -0.15) is 0 Å². The number of nitrogens with one attached hydrogen (secondary N) is 2. The normalized spacial score (nSPS) is 11.2. The average Bonchev–Trinajstić information content (AvgIpc) is 2.65. The van der Waals surface area contributed by atoms with E-state index < -0.39 is 21.7 Å². The molecule has 0 atom stereocenters. The Morgan fingerprint density at radius 3 is 2.48 bits per heavy atom. The standard InChI is InChI=1S/C20H15Cl2FN2O3S/c1-12-5-8-18(17(23)9-12)24-20(26)13-3-2-4-15(10-13)25-29(27,28)19-11-14(21)6-7-16(19)22/h2-11,25H,1H3,(H,24,26). The van der Waals surface area contributed by atoms with E-state index in [4.69, 9.17) is 23.2 Å². The maximum Gasteiger partial charge on any atom is 0.263 e. The van der Waals surface area contributed by atoms with Crippen molar-refractivity contribution < 1.29 is 17.6 Å². The Morgan fingerprint density at radius 2 is 1.76 bits per heavy atom. The number of anilines is 2. The number of hydrogen-bond donors (Lipinski definition) is 2. The van der Waals surface area contributed by atoms with Crippen molar-refractivity contribution in [3.63, 3.8) is 0 Å². The zero-order valence-electron chi connectivity index (χ0n) is 15.0. The quantitative estimate of drug-likeness (QED) is 0.536. The SMILES string of the molecule is Cc1ccc(NC(=O)c2cccc(NS(=O)(=O)c3cc(Cl)ccc3Cl)c2)c(F)c1. The van der Waals surface area contributed by atoms with E-state index in [1.807, 2.05) is 0 Å². The lowest BCUT2D eigenvalue weighted by Gasteiger charge is -2.11. The Kier molecular flexibility index (Phi) is 6.12. The second-order valence-corrected chi connectivity index (χ2v) is 8.69. The predicted octanol–water partition coefficient (Wildman–Crippen LogP) is 5.49. The number of aryl methyl sites for hydroxylation is 1. The number of carbonyl (C=O) groups excluding carboxylic acids is 1. The van der Waals surface area contributed by atoms with Crippen molar-refractivity contribution in [2.75, 3.05) is 10.0 Å². The van der Waals surface area contributed by atoms with Crippen molar-refractivity contribution in [3.8, 4) is 0 Å². The number of rotatable bonds is 5. The van der Waals surface area contributed by atoms with Crippen molar-refractivity contribution in [3.05, 3.63) is 87.7 Å². The van der Waals surface area contributed by atoms with Crippen molar-refractivity contribution in [2.24, 2.45) is 0 Å². The van der Waals surface area contributed by atoms with Crippen LogP contribution in [0.1, 0.15) is 15.9 Å². The first-order chi connectivity index (χ1) is 13.7. The summed E-state index contributed by atoms with van der Waals surface area (Å²) in [7, 11) is -4.04. The van der Waals surface area contributed by atoms with E-state index in [2.05, 4.69) is 10.0 Å². The zero-order chi connectivity index (χ0) is 21.2. The Morgan fingerprint density at radius 1 is 1.00 bits per heavy atom. The van der Waals surface area contributed by atoms with Gasteiger partial charge in [0.2, 0.25) is 0 Å². The third kappa shape index (κ3) is 5.06.